The molecule has 0 saturated carbocycles. The molecule has 1 aromatic heterocycles. The van der Waals surface area contributed by atoms with E-state index in [4.69, 9.17) is 4.74 Å². The number of H-pyrrole nitrogens is 1. The topological polar surface area (TPSA) is 91.5 Å². The SMILES string of the molecule is O=C(N[C@@H](Cc1c[nH]c2ccccc12)C(=O)OCC(=O)N1CCc2ccccc21)c1ccc(F)cc1. The summed E-state index contributed by atoms with van der Waals surface area (Å²) in [6.07, 6.45) is 2.67. The summed E-state index contributed by atoms with van der Waals surface area (Å²) >= 11 is 0. The third-order valence-corrected chi connectivity index (χ3v) is 6.32. The molecule has 3 aromatic carbocycles. The van der Waals surface area contributed by atoms with Crippen LogP contribution in [0, 0.1) is 5.82 Å². The molecule has 2 N–H and O–H groups in total. The van der Waals surface area contributed by atoms with Crippen molar-refractivity contribution in [2.24, 2.45) is 0 Å². The molecule has 5 rings (SSSR count). The summed E-state index contributed by atoms with van der Waals surface area (Å²) in [4.78, 5) is 43.5. The molecule has 7 nitrogen and oxygen atoms in total. The van der Waals surface area contributed by atoms with Gasteiger partial charge in [0.1, 0.15) is 11.9 Å². The summed E-state index contributed by atoms with van der Waals surface area (Å²) in [5.41, 5.74) is 3.80. The summed E-state index contributed by atoms with van der Waals surface area (Å²) in [5.74, 6) is -2.07. The minimum Gasteiger partial charge on any atom is -0.454 e. The van der Waals surface area contributed by atoms with Gasteiger partial charge in [-0.05, 0) is 53.9 Å². The van der Waals surface area contributed by atoms with Crippen molar-refractivity contribution in [1.29, 1.82) is 0 Å². The number of aromatic amines is 1. The lowest BCUT2D eigenvalue weighted by molar-refractivity contribution is -0.149. The van der Waals surface area contributed by atoms with Crippen molar-refractivity contribution in [1.82, 2.24) is 10.3 Å². The van der Waals surface area contributed by atoms with Crippen LogP contribution in [-0.4, -0.2) is 42.0 Å². The van der Waals surface area contributed by atoms with Crippen molar-refractivity contribution >= 4 is 34.4 Å². The fourth-order valence-corrected chi connectivity index (χ4v) is 4.47. The van der Waals surface area contributed by atoms with Crippen LogP contribution < -0.4 is 10.2 Å². The fraction of sp³-hybridized carbons (Fsp3) is 0.179. The number of benzene rings is 3. The Balaban J connectivity index is 1.31. The third-order valence-electron chi connectivity index (χ3n) is 6.32. The third kappa shape index (κ3) is 4.84. The van der Waals surface area contributed by atoms with Gasteiger partial charge in [-0.2, -0.15) is 0 Å². The number of nitrogens with one attached hydrogen (secondary N) is 2. The molecule has 0 bridgehead atoms. The molecule has 2 heterocycles. The second kappa shape index (κ2) is 10.0. The van der Waals surface area contributed by atoms with Crippen molar-refractivity contribution in [3.05, 3.63) is 102 Å². The lowest BCUT2D eigenvalue weighted by Gasteiger charge is -2.20. The summed E-state index contributed by atoms with van der Waals surface area (Å²) in [6.45, 7) is 0.0831. The van der Waals surface area contributed by atoms with E-state index in [1.807, 2.05) is 48.5 Å². The van der Waals surface area contributed by atoms with Crippen LogP contribution in [0.1, 0.15) is 21.5 Å². The van der Waals surface area contributed by atoms with E-state index in [1.54, 1.807) is 11.1 Å². The van der Waals surface area contributed by atoms with Crippen molar-refractivity contribution in [2.45, 2.75) is 18.9 Å². The molecule has 0 spiro atoms. The number of rotatable bonds is 7. The maximum atomic E-state index is 13.3. The molecule has 8 heteroatoms. The number of hydrogen-bond acceptors (Lipinski definition) is 4. The number of fused-ring (bicyclic) bond motifs is 2. The van der Waals surface area contributed by atoms with Gasteiger partial charge in [0, 0.05) is 41.3 Å². The van der Waals surface area contributed by atoms with Crippen LogP contribution in [0.15, 0.2) is 79.0 Å². The second-order valence-electron chi connectivity index (χ2n) is 8.63. The lowest BCUT2D eigenvalue weighted by Crippen LogP contribution is -2.44. The standard InChI is InChI=1S/C28H24FN3O4/c29-21-11-9-19(10-12-21)27(34)31-24(15-20-16-30-23-7-3-2-6-22(20)23)28(35)36-17-26(33)32-14-13-18-5-1-4-8-25(18)32/h1-12,16,24,30H,13-15,17H2,(H,31,34)/t24-/m0/s1. The van der Waals surface area contributed by atoms with Crippen LogP contribution in [0.25, 0.3) is 10.9 Å². The number of ether oxygens (including phenoxy) is 1. The van der Waals surface area contributed by atoms with Crippen LogP contribution in [0.5, 0.6) is 0 Å². The zero-order chi connectivity index (χ0) is 25.1. The molecular formula is C28H24FN3O4. The van der Waals surface area contributed by atoms with Crippen LogP contribution in [0.2, 0.25) is 0 Å². The molecule has 1 aliphatic rings. The summed E-state index contributed by atoms with van der Waals surface area (Å²) < 4.78 is 18.7. The van der Waals surface area contributed by atoms with Gasteiger partial charge < -0.3 is 19.9 Å². The number of anilines is 1. The Bertz CT molecular complexity index is 1430. The predicted octanol–water partition coefficient (Wildman–Crippen LogP) is 3.78. The Morgan fingerprint density at radius 1 is 1.00 bits per heavy atom. The van der Waals surface area contributed by atoms with Crippen LogP contribution in [0.3, 0.4) is 0 Å². The fourth-order valence-electron chi connectivity index (χ4n) is 4.47. The molecule has 2 amide bonds. The highest BCUT2D eigenvalue weighted by atomic mass is 19.1. The average molecular weight is 486 g/mol. The van der Waals surface area contributed by atoms with Crippen molar-refractivity contribution < 1.29 is 23.5 Å². The predicted molar refractivity (Wildman–Crippen MR) is 133 cm³/mol. The molecule has 4 aromatic rings. The van der Waals surface area contributed by atoms with Gasteiger partial charge in [-0.25, -0.2) is 9.18 Å². The van der Waals surface area contributed by atoms with Gasteiger partial charge in [-0.15, -0.1) is 0 Å². The zero-order valence-electron chi connectivity index (χ0n) is 19.4. The van der Waals surface area contributed by atoms with Crippen molar-refractivity contribution in [2.75, 3.05) is 18.1 Å². The smallest absolute Gasteiger partial charge is 0.329 e. The number of esters is 1. The number of para-hydroxylation sites is 2. The summed E-state index contributed by atoms with van der Waals surface area (Å²) in [5, 5.41) is 3.60. The normalized spacial score (nSPS) is 13.3. The highest BCUT2D eigenvalue weighted by Gasteiger charge is 2.28. The van der Waals surface area contributed by atoms with E-state index in [9.17, 15) is 18.8 Å². The number of hydrogen-bond donors (Lipinski definition) is 2. The van der Waals surface area contributed by atoms with Crippen LogP contribution in [0.4, 0.5) is 10.1 Å². The molecule has 0 fully saturated rings. The van der Waals surface area contributed by atoms with E-state index in [0.717, 1.165) is 34.1 Å². The maximum absolute atomic E-state index is 13.3. The molecule has 182 valence electrons. The Kier molecular flexibility index (Phi) is 6.49. The largest absolute Gasteiger partial charge is 0.454 e. The summed E-state index contributed by atoms with van der Waals surface area (Å²) in [6, 6.07) is 19.2. The van der Waals surface area contributed by atoms with Crippen molar-refractivity contribution in [3.63, 3.8) is 0 Å². The van der Waals surface area contributed by atoms with Gasteiger partial charge in [0.15, 0.2) is 6.61 Å². The Morgan fingerprint density at radius 2 is 1.75 bits per heavy atom. The Morgan fingerprint density at radius 3 is 2.58 bits per heavy atom. The summed E-state index contributed by atoms with van der Waals surface area (Å²) in [7, 11) is 0. The average Bonchev–Trinajstić information content (AvgIpc) is 3.51. The van der Waals surface area contributed by atoms with E-state index < -0.39 is 30.3 Å². The first-order chi connectivity index (χ1) is 17.5. The van der Waals surface area contributed by atoms with E-state index >= 15 is 0 Å². The highest BCUT2D eigenvalue weighted by molar-refractivity contribution is 5.99. The first kappa shape index (κ1) is 23.3. The zero-order valence-corrected chi connectivity index (χ0v) is 19.4. The van der Waals surface area contributed by atoms with Gasteiger partial charge >= 0.3 is 5.97 Å². The first-order valence-corrected chi connectivity index (χ1v) is 11.7. The maximum Gasteiger partial charge on any atom is 0.329 e. The minimum atomic E-state index is -1.06. The first-order valence-electron chi connectivity index (χ1n) is 11.7. The van der Waals surface area contributed by atoms with Crippen molar-refractivity contribution in [3.8, 4) is 0 Å². The molecule has 1 atom stereocenters. The van der Waals surface area contributed by atoms with Crippen LogP contribution in [-0.2, 0) is 27.2 Å². The van der Waals surface area contributed by atoms with E-state index in [1.165, 1.54) is 24.3 Å². The number of nitrogens with zero attached hydrogens (tertiary/aromatic N) is 1. The molecule has 1 aliphatic heterocycles. The molecule has 36 heavy (non-hydrogen) atoms. The molecule has 0 unspecified atom stereocenters. The number of amides is 2. The number of aromatic nitrogens is 1. The number of halogens is 1. The molecule has 0 radical (unpaired) electrons. The Hall–Kier alpha value is -4.46. The van der Waals surface area contributed by atoms with Crippen LogP contribution >= 0.6 is 0 Å². The second-order valence-corrected chi connectivity index (χ2v) is 8.63. The van der Waals surface area contributed by atoms with Gasteiger partial charge in [-0.1, -0.05) is 36.4 Å². The monoisotopic (exact) mass is 485 g/mol. The van der Waals surface area contributed by atoms with E-state index in [0.29, 0.717) is 6.54 Å². The molecular weight excluding hydrogens is 461 g/mol. The Labute approximate surface area is 206 Å². The molecule has 0 saturated heterocycles. The van der Waals surface area contributed by atoms with Gasteiger partial charge in [0.25, 0.3) is 11.8 Å². The quantitative estimate of drug-likeness (QED) is 0.390. The lowest BCUT2D eigenvalue weighted by atomic mass is 10.0. The highest BCUT2D eigenvalue weighted by Crippen LogP contribution is 2.27. The van der Waals surface area contributed by atoms with Gasteiger partial charge in [-0.3, -0.25) is 9.59 Å². The van der Waals surface area contributed by atoms with Gasteiger partial charge in [0.05, 0.1) is 0 Å². The molecule has 0 aliphatic carbocycles. The van der Waals surface area contributed by atoms with E-state index in [2.05, 4.69) is 10.3 Å². The minimum absolute atomic E-state index is 0.149. The van der Waals surface area contributed by atoms with E-state index in [-0.39, 0.29) is 17.9 Å². The number of carbonyl (C=O) groups is 3. The number of carbonyl (C=O) groups excluding carboxylic acids is 3. The van der Waals surface area contributed by atoms with Gasteiger partial charge in [0.2, 0.25) is 0 Å².